The van der Waals surface area contributed by atoms with Gasteiger partial charge in [0.2, 0.25) is 17.5 Å². The zero-order valence-corrected chi connectivity index (χ0v) is 44.8. The number of aliphatic hydroxyl groups is 1. The van der Waals surface area contributed by atoms with Crippen LogP contribution < -0.4 is 10.7 Å². The van der Waals surface area contributed by atoms with Gasteiger partial charge in [-0.1, -0.05) is 59.1 Å². The van der Waals surface area contributed by atoms with Crippen LogP contribution >= 0.6 is 0 Å². The van der Waals surface area contributed by atoms with Gasteiger partial charge in [-0.3, -0.25) is 29.4 Å². The molecule has 7 rings (SSSR count). The summed E-state index contributed by atoms with van der Waals surface area (Å²) in [5.74, 6) is -3.06. The number of cyclic esters (lactones) is 1. The number of hydrogen-bond donors (Lipinski definition) is 3. The number of piperidine rings is 1. The monoisotopic (exact) mass is 1060 g/mol. The second-order valence-corrected chi connectivity index (χ2v) is 21.4. The van der Waals surface area contributed by atoms with Crippen molar-refractivity contribution in [2.45, 2.75) is 122 Å². The van der Waals surface area contributed by atoms with Crippen LogP contribution in [0.1, 0.15) is 84.2 Å². The Morgan fingerprint density at radius 1 is 1.05 bits per heavy atom. The molecule has 0 aliphatic carbocycles. The van der Waals surface area contributed by atoms with Crippen LogP contribution in [0.4, 0.5) is 18.0 Å². The van der Waals surface area contributed by atoms with Crippen molar-refractivity contribution in [3.63, 3.8) is 0 Å². The second kappa shape index (κ2) is 23.0. The fourth-order valence-electron chi connectivity index (χ4n) is 10.9. The molecule has 3 saturated heterocycles. The molecule has 76 heavy (non-hydrogen) atoms. The number of alkyl halides is 3. The highest BCUT2D eigenvalue weighted by Crippen LogP contribution is 2.42. The summed E-state index contributed by atoms with van der Waals surface area (Å²) < 4.78 is 63.3. The molecule has 21 heteroatoms. The van der Waals surface area contributed by atoms with E-state index in [1.165, 1.54) is 42.0 Å². The summed E-state index contributed by atoms with van der Waals surface area (Å²) >= 11 is 0. The number of carbonyl (C=O) groups excluding carboxylic acids is 5. The number of rotatable bonds is 11. The van der Waals surface area contributed by atoms with Gasteiger partial charge in [0.1, 0.15) is 18.6 Å². The maximum atomic E-state index is 14.8. The van der Waals surface area contributed by atoms with Gasteiger partial charge in [0.25, 0.3) is 5.91 Å². The Labute approximate surface area is 441 Å². The number of amides is 5. The standard InChI is InChI=1S/C55H72F3N9O9/c1-11-38(45(59-13-3)35(6)74-10)47-40-30-52(7,8)33-75-50(71)54(73)20-15-23-67(62-54)49(70)42(29-37-16-14-17-41(60-37)36-18-19-43(39(40)28-36)66(47)32-55(56,57)58)61-48(69)46(34(4)5)63(9)51(72)64-24-21-53(22-25-64)31-65(26-27-76-53)44(68)12-2/h11-14,16-19,28,34-35,42,46,62,73H,1-2,15,20-27,29-33H2,3-10H3,(H,61,69)/b45-38+,59-13-/t35-,42-,46-,54-/m0/s1. The van der Waals surface area contributed by atoms with E-state index in [4.69, 9.17) is 19.2 Å². The number of morpholine rings is 1. The van der Waals surface area contributed by atoms with Gasteiger partial charge in [-0.25, -0.2) is 9.59 Å². The number of pyridine rings is 1. The summed E-state index contributed by atoms with van der Waals surface area (Å²) in [5.41, 5.74) is 1.57. The molecule has 6 heterocycles. The molecule has 18 nitrogen and oxygen atoms in total. The number of likely N-dealkylation sites (N-methyl/N-ethyl adjacent to an activating group) is 1. The van der Waals surface area contributed by atoms with Gasteiger partial charge in [-0.2, -0.15) is 18.6 Å². The summed E-state index contributed by atoms with van der Waals surface area (Å²) in [6, 6.07) is 7.31. The van der Waals surface area contributed by atoms with E-state index in [1.54, 1.807) is 87.7 Å². The van der Waals surface area contributed by atoms with Crippen molar-refractivity contribution in [2.75, 3.05) is 60.1 Å². The number of urea groups is 1. The molecule has 2 aromatic heterocycles. The number of ether oxygens (including phenoxy) is 3. The number of fused-ring (bicyclic) bond motifs is 6. The van der Waals surface area contributed by atoms with Crippen LogP contribution in [0.25, 0.3) is 27.7 Å². The predicted octanol–water partition coefficient (Wildman–Crippen LogP) is 6.21. The maximum absolute atomic E-state index is 14.8. The van der Waals surface area contributed by atoms with E-state index in [1.807, 2.05) is 0 Å². The molecule has 0 radical (unpaired) electrons. The molecule has 3 N–H and O–H groups in total. The first-order valence-electron chi connectivity index (χ1n) is 25.8. The van der Waals surface area contributed by atoms with Gasteiger partial charge in [0.15, 0.2) is 0 Å². The van der Waals surface area contributed by atoms with Crippen LogP contribution in [0.15, 0.2) is 72.4 Å². The lowest BCUT2D eigenvalue weighted by atomic mass is 9.84. The van der Waals surface area contributed by atoms with Crippen molar-refractivity contribution in [1.29, 1.82) is 0 Å². The van der Waals surface area contributed by atoms with Crippen LogP contribution in [0.2, 0.25) is 0 Å². The third kappa shape index (κ3) is 12.4. The van der Waals surface area contributed by atoms with E-state index < -0.39 is 77.4 Å². The number of aromatic nitrogens is 2. The number of likely N-dealkylation sites (tertiary alicyclic amines) is 1. The minimum absolute atomic E-state index is 0.0385. The molecule has 3 fully saturated rings. The molecular weight excluding hydrogens is 988 g/mol. The normalized spacial score (nSPS) is 22.4. The minimum atomic E-state index is -4.67. The fraction of sp³-hybridized carbons (Fsp3) is 0.545. The molecule has 1 aromatic carbocycles. The van der Waals surface area contributed by atoms with Crippen molar-refractivity contribution < 1.29 is 56.5 Å². The quantitative estimate of drug-likeness (QED) is 0.0854. The van der Waals surface area contributed by atoms with Crippen LogP contribution in [-0.2, 0) is 52.8 Å². The minimum Gasteiger partial charge on any atom is -0.462 e. The Kier molecular flexibility index (Phi) is 17.4. The Morgan fingerprint density at radius 2 is 1.78 bits per heavy atom. The summed E-state index contributed by atoms with van der Waals surface area (Å²) in [6.07, 6.45) is -0.248. The number of esters is 1. The van der Waals surface area contributed by atoms with Gasteiger partial charge >= 0.3 is 18.2 Å². The van der Waals surface area contributed by atoms with E-state index in [0.717, 1.165) is 5.01 Å². The number of nitrogens with zero attached hydrogens (tertiary/aromatic N) is 7. The van der Waals surface area contributed by atoms with E-state index in [9.17, 15) is 42.3 Å². The Balaban J connectivity index is 1.28. The average Bonchev–Trinajstić information content (AvgIpc) is 3.66. The SMILES string of the molecule is C=CC(=O)N1CCOC2(CCN(C(=O)N(C)[C@H](C(=O)N[C@H]3Cc4cccc(n4)-c4ccc5c(c4)c(c(/C(C=C)=C(/N=C\C)[C@H](C)OC)n5CC(F)(F)F)CC(C)(C)COC(=O)[C@@]4(O)CCCN(N4)C3=O)C(C)C)CC2)C1. The lowest BCUT2D eigenvalue weighted by Gasteiger charge is -2.47. The van der Waals surface area contributed by atoms with Crippen LogP contribution in [0, 0.1) is 11.3 Å². The van der Waals surface area contributed by atoms with Gasteiger partial charge in [0, 0.05) is 92.5 Å². The number of hydrogen-bond acceptors (Lipinski definition) is 12. The zero-order valence-electron chi connectivity index (χ0n) is 44.8. The van der Waals surface area contributed by atoms with Crippen LogP contribution in [-0.4, -0.2) is 166 Å². The number of benzene rings is 1. The Morgan fingerprint density at radius 3 is 2.42 bits per heavy atom. The number of allylic oxidation sites excluding steroid dienone is 2. The molecule has 3 aromatic rings. The van der Waals surface area contributed by atoms with Crippen molar-refractivity contribution >= 4 is 52.4 Å². The summed E-state index contributed by atoms with van der Waals surface area (Å²) in [5, 5.41) is 16.4. The fourth-order valence-corrected chi connectivity index (χ4v) is 10.9. The summed E-state index contributed by atoms with van der Waals surface area (Å²) in [6.45, 7) is 18.4. The highest BCUT2D eigenvalue weighted by Gasteiger charge is 2.47. The smallest absolute Gasteiger partial charge is 0.406 e. The van der Waals surface area contributed by atoms with Crippen molar-refractivity contribution in [1.82, 2.24) is 40.0 Å². The maximum Gasteiger partial charge on any atom is 0.406 e. The number of carbonyl (C=O) groups is 5. The third-order valence-corrected chi connectivity index (χ3v) is 14.8. The Bertz CT molecular complexity index is 2780. The van der Waals surface area contributed by atoms with Crippen LogP contribution in [0.5, 0.6) is 0 Å². The third-order valence-electron chi connectivity index (χ3n) is 14.8. The average molecular weight is 1060 g/mol. The highest BCUT2D eigenvalue weighted by atomic mass is 19.4. The summed E-state index contributed by atoms with van der Waals surface area (Å²) in [4.78, 5) is 84.5. The van der Waals surface area contributed by atoms with Gasteiger partial charge in [-0.05, 0) is 81.4 Å². The number of nitrogens with one attached hydrogen (secondary N) is 2. The molecule has 4 aliphatic heterocycles. The largest absolute Gasteiger partial charge is 0.462 e. The molecule has 0 unspecified atom stereocenters. The van der Waals surface area contributed by atoms with Crippen molar-refractivity contribution in [3.05, 3.63) is 84.4 Å². The molecule has 1 spiro atoms. The molecular formula is C55H72F3N9O9. The van der Waals surface area contributed by atoms with E-state index in [-0.39, 0.29) is 56.0 Å². The first kappa shape index (κ1) is 57.3. The van der Waals surface area contributed by atoms with Gasteiger partial charge in [0.05, 0.1) is 48.5 Å². The lowest BCUT2D eigenvalue weighted by molar-refractivity contribution is -0.189. The number of methoxy groups -OCH3 is 1. The first-order valence-corrected chi connectivity index (χ1v) is 25.8. The molecule has 0 saturated carbocycles. The highest BCUT2D eigenvalue weighted by molar-refractivity contribution is 5.96. The number of hydrazine groups is 1. The zero-order chi connectivity index (χ0) is 55.5. The van der Waals surface area contributed by atoms with Crippen LogP contribution in [0.3, 0.4) is 0 Å². The van der Waals surface area contributed by atoms with Gasteiger partial charge < -0.3 is 43.9 Å². The number of halogens is 3. The topological polar surface area (TPSA) is 200 Å². The molecule has 4 aliphatic rings. The lowest BCUT2D eigenvalue weighted by Crippen LogP contribution is -2.67. The van der Waals surface area contributed by atoms with E-state index in [0.29, 0.717) is 84.8 Å². The second-order valence-electron chi connectivity index (χ2n) is 21.4. The number of aliphatic imine (C=N–C) groups is 1. The molecule has 5 amide bonds. The molecule has 6 bridgehead atoms. The molecule has 4 atom stereocenters. The molecule has 412 valence electrons. The van der Waals surface area contributed by atoms with Crippen molar-refractivity contribution in [2.24, 2.45) is 16.3 Å². The summed E-state index contributed by atoms with van der Waals surface area (Å²) in [7, 11) is 3.00. The van der Waals surface area contributed by atoms with Crippen molar-refractivity contribution in [3.8, 4) is 11.3 Å². The Hall–Kier alpha value is -6.42. The predicted molar refractivity (Wildman–Crippen MR) is 280 cm³/mol. The van der Waals surface area contributed by atoms with E-state index >= 15 is 0 Å². The first-order chi connectivity index (χ1) is 35.9. The van der Waals surface area contributed by atoms with E-state index in [2.05, 4.69) is 28.9 Å². The van der Waals surface area contributed by atoms with Gasteiger partial charge in [-0.15, -0.1) is 0 Å².